The van der Waals surface area contributed by atoms with Crippen molar-refractivity contribution < 1.29 is 9.26 Å². The van der Waals surface area contributed by atoms with Crippen LogP contribution in [0.2, 0.25) is 5.02 Å². The summed E-state index contributed by atoms with van der Waals surface area (Å²) >= 11 is 5.95. The number of ether oxygens (including phenoxy) is 1. The Bertz CT molecular complexity index is 1440. The van der Waals surface area contributed by atoms with Crippen LogP contribution in [0.15, 0.2) is 70.4 Å². The number of hydrogen-bond donors (Lipinski definition) is 0. The number of fused-ring (bicyclic) bond motifs is 1. The van der Waals surface area contributed by atoms with Crippen LogP contribution < -0.4 is 10.3 Å². The lowest BCUT2D eigenvalue weighted by Gasteiger charge is -2.04. The third-order valence-corrected chi connectivity index (χ3v) is 5.00. The molecule has 0 unspecified atom stereocenters. The average molecular weight is 435 g/mol. The van der Waals surface area contributed by atoms with Crippen molar-refractivity contribution in [1.29, 1.82) is 0 Å². The molecule has 0 fully saturated rings. The van der Waals surface area contributed by atoms with E-state index in [1.165, 1.54) is 17.1 Å². The molecule has 2 aromatic carbocycles. The van der Waals surface area contributed by atoms with E-state index in [1.807, 2.05) is 24.3 Å². The molecule has 5 aromatic rings. The van der Waals surface area contributed by atoms with Gasteiger partial charge in [0.05, 0.1) is 24.6 Å². The van der Waals surface area contributed by atoms with Crippen molar-refractivity contribution in [2.75, 3.05) is 7.11 Å². The second kappa shape index (κ2) is 7.69. The fraction of sp³-hybridized carbons (Fsp3) is 0.0952. The van der Waals surface area contributed by atoms with Gasteiger partial charge in [0.25, 0.3) is 5.56 Å². The van der Waals surface area contributed by atoms with E-state index in [2.05, 4.69) is 20.2 Å². The molecule has 0 aliphatic rings. The first kappa shape index (κ1) is 19.0. The molecule has 0 aliphatic carbocycles. The van der Waals surface area contributed by atoms with E-state index in [4.69, 9.17) is 20.9 Å². The SMILES string of the molecule is COc1ccccc1-c1noc(Cn2cnc3c(cnn3-c3ccc(Cl)cc3)c2=O)n1. The normalized spacial score (nSPS) is 11.2. The third kappa shape index (κ3) is 3.44. The average Bonchev–Trinajstić information content (AvgIpc) is 3.44. The zero-order chi connectivity index (χ0) is 21.4. The van der Waals surface area contributed by atoms with Crippen molar-refractivity contribution in [3.8, 4) is 22.8 Å². The third-order valence-electron chi connectivity index (χ3n) is 4.75. The highest BCUT2D eigenvalue weighted by Gasteiger charge is 2.16. The van der Waals surface area contributed by atoms with Crippen molar-refractivity contribution >= 4 is 22.6 Å². The number of para-hydroxylation sites is 1. The number of rotatable bonds is 5. The largest absolute Gasteiger partial charge is 0.496 e. The van der Waals surface area contributed by atoms with Crippen molar-refractivity contribution in [1.82, 2.24) is 29.5 Å². The van der Waals surface area contributed by atoms with Crippen LogP contribution in [-0.2, 0) is 6.54 Å². The quantitative estimate of drug-likeness (QED) is 0.418. The highest BCUT2D eigenvalue weighted by atomic mass is 35.5. The second-order valence-electron chi connectivity index (χ2n) is 6.66. The first-order valence-electron chi connectivity index (χ1n) is 9.29. The van der Waals surface area contributed by atoms with Crippen LogP contribution in [-0.4, -0.2) is 36.6 Å². The number of halogens is 1. The molecule has 154 valence electrons. The maximum Gasteiger partial charge on any atom is 0.264 e. The topological polar surface area (TPSA) is 101 Å². The molecule has 3 heterocycles. The van der Waals surface area contributed by atoms with E-state index in [0.29, 0.717) is 33.2 Å². The summed E-state index contributed by atoms with van der Waals surface area (Å²) in [5.41, 5.74) is 1.64. The smallest absolute Gasteiger partial charge is 0.264 e. The van der Waals surface area contributed by atoms with Gasteiger partial charge in [-0.25, -0.2) is 9.67 Å². The van der Waals surface area contributed by atoms with Gasteiger partial charge in [0, 0.05) is 5.02 Å². The van der Waals surface area contributed by atoms with E-state index in [9.17, 15) is 4.79 Å². The minimum Gasteiger partial charge on any atom is -0.496 e. The minimum absolute atomic E-state index is 0.0794. The fourth-order valence-corrected chi connectivity index (χ4v) is 3.36. The molecule has 10 heteroatoms. The van der Waals surface area contributed by atoms with Gasteiger partial charge in [-0.15, -0.1) is 0 Å². The van der Waals surface area contributed by atoms with Crippen molar-refractivity contribution in [3.63, 3.8) is 0 Å². The van der Waals surface area contributed by atoms with Crippen LogP contribution in [0.1, 0.15) is 5.89 Å². The van der Waals surface area contributed by atoms with Gasteiger partial charge in [-0.3, -0.25) is 9.36 Å². The fourth-order valence-electron chi connectivity index (χ4n) is 3.24. The van der Waals surface area contributed by atoms with Crippen LogP contribution in [0.3, 0.4) is 0 Å². The number of benzene rings is 2. The van der Waals surface area contributed by atoms with Crippen LogP contribution in [0, 0.1) is 0 Å². The van der Waals surface area contributed by atoms with Gasteiger partial charge < -0.3 is 9.26 Å². The van der Waals surface area contributed by atoms with Crippen LogP contribution >= 0.6 is 11.6 Å². The van der Waals surface area contributed by atoms with Crippen molar-refractivity contribution in [2.45, 2.75) is 6.54 Å². The van der Waals surface area contributed by atoms with E-state index in [1.54, 1.807) is 36.1 Å². The summed E-state index contributed by atoms with van der Waals surface area (Å²) in [5, 5.41) is 9.29. The van der Waals surface area contributed by atoms with Crippen LogP contribution in [0.25, 0.3) is 28.1 Å². The molecule has 5 rings (SSSR count). The molecule has 0 saturated carbocycles. The predicted octanol–water partition coefficient (Wildman–Crippen LogP) is 3.34. The first-order chi connectivity index (χ1) is 15.1. The Hall–Kier alpha value is -3.98. The lowest BCUT2D eigenvalue weighted by Crippen LogP contribution is -2.21. The molecule has 0 aliphatic heterocycles. The van der Waals surface area contributed by atoms with Gasteiger partial charge in [-0.05, 0) is 36.4 Å². The standard InChI is InChI=1S/C21H15ClN6O3/c1-30-17-5-3-2-4-15(17)19-25-18(31-26-19)11-27-12-23-20-16(21(27)29)10-24-28(20)14-8-6-13(22)7-9-14/h2-10,12H,11H2,1H3. The molecular formula is C21H15ClN6O3. The molecule has 0 amide bonds. The maximum absolute atomic E-state index is 12.9. The summed E-state index contributed by atoms with van der Waals surface area (Å²) in [6.07, 6.45) is 2.93. The number of hydrogen-bond acceptors (Lipinski definition) is 7. The highest BCUT2D eigenvalue weighted by Crippen LogP contribution is 2.27. The summed E-state index contributed by atoms with van der Waals surface area (Å²) in [5.74, 6) is 1.28. The summed E-state index contributed by atoms with van der Waals surface area (Å²) in [6.45, 7) is 0.0794. The van der Waals surface area contributed by atoms with Crippen LogP contribution in [0.5, 0.6) is 5.75 Å². The lowest BCUT2D eigenvalue weighted by atomic mass is 10.2. The molecular weight excluding hydrogens is 420 g/mol. The molecule has 0 radical (unpaired) electrons. The number of nitrogens with zero attached hydrogens (tertiary/aromatic N) is 6. The van der Waals surface area contributed by atoms with Gasteiger partial charge in [0.15, 0.2) is 5.65 Å². The van der Waals surface area contributed by atoms with Gasteiger partial charge in [0.2, 0.25) is 11.7 Å². The molecule has 0 N–H and O–H groups in total. The Morgan fingerprint density at radius 1 is 1.13 bits per heavy atom. The Labute approximate surface area is 180 Å². The minimum atomic E-state index is -0.262. The molecule has 3 aromatic heterocycles. The van der Waals surface area contributed by atoms with Gasteiger partial charge in [-0.2, -0.15) is 10.1 Å². The number of aromatic nitrogens is 6. The predicted molar refractivity (Wildman–Crippen MR) is 114 cm³/mol. The number of methoxy groups -OCH3 is 1. The molecule has 0 bridgehead atoms. The lowest BCUT2D eigenvalue weighted by molar-refractivity contribution is 0.369. The van der Waals surface area contributed by atoms with E-state index < -0.39 is 0 Å². The zero-order valence-electron chi connectivity index (χ0n) is 16.3. The Morgan fingerprint density at radius 2 is 1.94 bits per heavy atom. The summed E-state index contributed by atoms with van der Waals surface area (Å²) in [4.78, 5) is 21.7. The summed E-state index contributed by atoms with van der Waals surface area (Å²) in [6, 6.07) is 14.5. The van der Waals surface area contributed by atoms with Gasteiger partial charge in [-0.1, -0.05) is 28.9 Å². The van der Waals surface area contributed by atoms with Crippen LogP contribution in [0.4, 0.5) is 0 Å². The first-order valence-corrected chi connectivity index (χ1v) is 9.67. The van der Waals surface area contributed by atoms with E-state index >= 15 is 0 Å². The van der Waals surface area contributed by atoms with Crippen molar-refractivity contribution in [3.05, 3.63) is 82.3 Å². The maximum atomic E-state index is 12.9. The molecule has 9 nitrogen and oxygen atoms in total. The monoisotopic (exact) mass is 434 g/mol. The summed E-state index contributed by atoms with van der Waals surface area (Å²) in [7, 11) is 1.57. The molecule has 0 saturated heterocycles. The van der Waals surface area contributed by atoms with E-state index in [-0.39, 0.29) is 18.0 Å². The Morgan fingerprint density at radius 3 is 2.74 bits per heavy atom. The zero-order valence-corrected chi connectivity index (χ0v) is 17.0. The molecule has 31 heavy (non-hydrogen) atoms. The highest BCUT2D eigenvalue weighted by molar-refractivity contribution is 6.30. The second-order valence-corrected chi connectivity index (χ2v) is 7.10. The Kier molecular flexibility index (Phi) is 4.72. The summed E-state index contributed by atoms with van der Waals surface area (Å²) < 4.78 is 13.7. The van der Waals surface area contributed by atoms with Crippen molar-refractivity contribution in [2.24, 2.45) is 0 Å². The van der Waals surface area contributed by atoms with E-state index in [0.717, 1.165) is 5.69 Å². The molecule has 0 atom stereocenters. The van der Waals surface area contributed by atoms with Gasteiger partial charge in [0.1, 0.15) is 24.0 Å². The Balaban J connectivity index is 1.47. The van der Waals surface area contributed by atoms with Gasteiger partial charge >= 0.3 is 0 Å². The molecule has 0 spiro atoms.